The molecule has 0 unspecified atom stereocenters. The summed E-state index contributed by atoms with van der Waals surface area (Å²) in [6.45, 7) is 9.25. The van der Waals surface area contributed by atoms with Crippen LogP contribution in [0.4, 0.5) is 0 Å². The van der Waals surface area contributed by atoms with Gasteiger partial charge in [0.15, 0.2) is 0 Å². The van der Waals surface area contributed by atoms with Gasteiger partial charge in [0.2, 0.25) is 5.91 Å². The van der Waals surface area contributed by atoms with Crippen molar-refractivity contribution in [2.45, 2.75) is 58.2 Å². The molecule has 0 bridgehead atoms. The van der Waals surface area contributed by atoms with Gasteiger partial charge in [-0.15, -0.1) is 0 Å². The molecule has 0 saturated carbocycles. The van der Waals surface area contributed by atoms with Crippen molar-refractivity contribution in [3.8, 4) is 11.1 Å². The summed E-state index contributed by atoms with van der Waals surface area (Å²) in [5.41, 5.74) is 5.34. The molecule has 2 aliphatic rings. The van der Waals surface area contributed by atoms with Crippen molar-refractivity contribution in [2.75, 3.05) is 13.1 Å². The Bertz CT molecular complexity index is 822. The van der Waals surface area contributed by atoms with Crippen LogP contribution in [-0.2, 0) is 17.8 Å². The second-order valence-electron chi connectivity index (χ2n) is 8.84. The molecule has 0 aliphatic carbocycles. The number of fused-ring (bicyclic) bond motifs is 1. The van der Waals surface area contributed by atoms with Crippen molar-refractivity contribution in [1.82, 2.24) is 9.80 Å². The van der Waals surface area contributed by atoms with E-state index < -0.39 is 0 Å². The summed E-state index contributed by atoms with van der Waals surface area (Å²) in [4.78, 5) is 17.8. The summed E-state index contributed by atoms with van der Waals surface area (Å²) < 4.78 is 0. The Morgan fingerprint density at radius 2 is 1.78 bits per heavy atom. The van der Waals surface area contributed by atoms with Crippen LogP contribution in [0, 0.1) is 0 Å². The number of amides is 1. The third kappa shape index (κ3) is 3.53. The fraction of sp³-hybridized carbons (Fsp3) is 0.458. The minimum absolute atomic E-state index is 0.0452. The number of rotatable bonds is 2. The summed E-state index contributed by atoms with van der Waals surface area (Å²) >= 11 is 0. The Balaban J connectivity index is 1.56. The minimum atomic E-state index is 0.0452. The third-order valence-electron chi connectivity index (χ3n) is 6.06. The molecule has 2 aromatic carbocycles. The van der Waals surface area contributed by atoms with E-state index in [1.54, 1.807) is 0 Å². The highest BCUT2D eigenvalue weighted by Gasteiger charge is 2.39. The maximum Gasteiger partial charge on any atom is 0.240 e. The normalized spacial score (nSPS) is 20.6. The molecule has 142 valence electrons. The number of hydrogen-bond acceptors (Lipinski definition) is 2. The van der Waals surface area contributed by atoms with Crippen molar-refractivity contribution >= 4 is 5.91 Å². The lowest BCUT2D eigenvalue weighted by Gasteiger charge is -2.39. The van der Waals surface area contributed by atoms with E-state index in [4.69, 9.17) is 0 Å². The predicted octanol–water partition coefficient (Wildman–Crippen LogP) is 4.50. The second-order valence-corrected chi connectivity index (χ2v) is 8.84. The fourth-order valence-corrected chi connectivity index (χ4v) is 4.72. The summed E-state index contributed by atoms with van der Waals surface area (Å²) in [6, 6.07) is 17.2. The molecular weight excluding hydrogens is 332 g/mol. The van der Waals surface area contributed by atoms with Gasteiger partial charge in [-0.05, 0) is 68.8 Å². The molecule has 3 nitrogen and oxygen atoms in total. The average molecular weight is 363 g/mol. The third-order valence-corrected chi connectivity index (χ3v) is 6.06. The highest BCUT2D eigenvalue weighted by atomic mass is 16.2. The molecular formula is C24H30N2O. The van der Waals surface area contributed by atoms with E-state index in [9.17, 15) is 4.79 Å². The molecule has 0 radical (unpaired) electrons. The Kier molecular flexibility index (Phi) is 4.81. The largest absolute Gasteiger partial charge is 0.337 e. The molecule has 4 rings (SSSR count). The van der Waals surface area contributed by atoms with Gasteiger partial charge in [-0.3, -0.25) is 9.69 Å². The van der Waals surface area contributed by atoms with E-state index in [2.05, 4.69) is 79.1 Å². The minimum Gasteiger partial charge on any atom is -0.337 e. The van der Waals surface area contributed by atoms with Crippen LogP contribution in [0.25, 0.3) is 11.1 Å². The highest BCUT2D eigenvalue weighted by molar-refractivity contribution is 5.83. The lowest BCUT2D eigenvalue weighted by molar-refractivity contribution is -0.138. The average Bonchev–Trinajstić information content (AvgIpc) is 3.17. The van der Waals surface area contributed by atoms with Crippen LogP contribution < -0.4 is 0 Å². The highest BCUT2D eigenvalue weighted by Crippen LogP contribution is 2.32. The van der Waals surface area contributed by atoms with Crippen molar-refractivity contribution in [2.24, 2.45) is 0 Å². The van der Waals surface area contributed by atoms with Crippen LogP contribution in [0.3, 0.4) is 0 Å². The number of benzene rings is 2. The summed E-state index contributed by atoms with van der Waals surface area (Å²) in [7, 11) is 0. The van der Waals surface area contributed by atoms with Crippen LogP contribution in [0.5, 0.6) is 0 Å². The van der Waals surface area contributed by atoms with E-state index in [-0.39, 0.29) is 11.6 Å². The smallest absolute Gasteiger partial charge is 0.240 e. The Morgan fingerprint density at radius 3 is 2.52 bits per heavy atom. The first-order chi connectivity index (χ1) is 12.9. The van der Waals surface area contributed by atoms with Gasteiger partial charge < -0.3 is 4.90 Å². The van der Waals surface area contributed by atoms with Crippen LogP contribution in [0.15, 0.2) is 48.5 Å². The number of likely N-dealkylation sites (tertiary alicyclic amines) is 1. The molecule has 0 spiro atoms. The maximum atomic E-state index is 13.3. The summed E-state index contributed by atoms with van der Waals surface area (Å²) in [6.07, 6.45) is 3.05. The van der Waals surface area contributed by atoms with Crippen molar-refractivity contribution in [3.63, 3.8) is 0 Å². The van der Waals surface area contributed by atoms with E-state index in [1.807, 2.05) is 0 Å². The van der Waals surface area contributed by atoms with Crippen LogP contribution in [0.2, 0.25) is 0 Å². The van der Waals surface area contributed by atoms with E-state index in [1.165, 1.54) is 22.3 Å². The molecule has 1 atom stereocenters. The zero-order valence-electron chi connectivity index (χ0n) is 16.7. The molecule has 2 heterocycles. The first-order valence-corrected chi connectivity index (χ1v) is 10.2. The first-order valence-electron chi connectivity index (χ1n) is 10.2. The van der Waals surface area contributed by atoms with Crippen molar-refractivity contribution in [1.29, 1.82) is 0 Å². The van der Waals surface area contributed by atoms with Crippen LogP contribution >= 0.6 is 0 Å². The zero-order valence-corrected chi connectivity index (χ0v) is 16.7. The standard InChI is InChI=1S/C24H30N2O/c1-24(2,3)26-15-8-13-22(26)23(27)25-16-14-21-19(17-25)11-7-12-20(21)18-9-5-4-6-10-18/h4-7,9-12,22H,8,13-17H2,1-3H3/t22-/m0/s1. The van der Waals surface area contributed by atoms with Gasteiger partial charge in [-0.25, -0.2) is 0 Å². The van der Waals surface area contributed by atoms with Gasteiger partial charge in [0.1, 0.15) is 0 Å². The molecule has 1 fully saturated rings. The SMILES string of the molecule is CC(C)(C)N1CCC[C@H]1C(=O)N1CCc2c(cccc2-c2ccccc2)C1. The molecule has 27 heavy (non-hydrogen) atoms. The van der Waals surface area contributed by atoms with Crippen molar-refractivity contribution < 1.29 is 4.79 Å². The van der Waals surface area contributed by atoms with E-state index in [0.717, 1.165) is 38.9 Å². The van der Waals surface area contributed by atoms with E-state index in [0.29, 0.717) is 5.91 Å². The van der Waals surface area contributed by atoms with Crippen LogP contribution in [0.1, 0.15) is 44.7 Å². The van der Waals surface area contributed by atoms with Gasteiger partial charge in [0.05, 0.1) is 6.04 Å². The maximum absolute atomic E-state index is 13.3. The topological polar surface area (TPSA) is 23.6 Å². The monoisotopic (exact) mass is 362 g/mol. The fourth-order valence-electron chi connectivity index (χ4n) is 4.72. The molecule has 1 amide bonds. The predicted molar refractivity (Wildman–Crippen MR) is 110 cm³/mol. The van der Waals surface area contributed by atoms with Gasteiger partial charge in [-0.1, -0.05) is 48.5 Å². The number of carbonyl (C=O) groups excluding carboxylic acids is 1. The molecule has 0 N–H and O–H groups in total. The van der Waals surface area contributed by atoms with Gasteiger partial charge in [0, 0.05) is 18.6 Å². The van der Waals surface area contributed by atoms with Gasteiger partial charge in [-0.2, -0.15) is 0 Å². The molecule has 1 saturated heterocycles. The van der Waals surface area contributed by atoms with Crippen LogP contribution in [-0.4, -0.2) is 40.4 Å². The number of hydrogen-bond donors (Lipinski definition) is 0. The Labute approximate surface area is 163 Å². The Morgan fingerprint density at radius 1 is 1.00 bits per heavy atom. The van der Waals surface area contributed by atoms with Gasteiger partial charge >= 0.3 is 0 Å². The van der Waals surface area contributed by atoms with Crippen molar-refractivity contribution in [3.05, 3.63) is 59.7 Å². The number of carbonyl (C=O) groups is 1. The lowest BCUT2D eigenvalue weighted by Crippen LogP contribution is -2.53. The molecule has 3 heteroatoms. The first kappa shape index (κ1) is 18.2. The number of nitrogens with zero attached hydrogens (tertiary/aromatic N) is 2. The summed E-state index contributed by atoms with van der Waals surface area (Å²) in [5.74, 6) is 0.318. The molecule has 2 aromatic rings. The lowest BCUT2D eigenvalue weighted by atomic mass is 9.90. The molecule has 2 aliphatic heterocycles. The Hall–Kier alpha value is -2.13. The zero-order chi connectivity index (χ0) is 19.0. The second kappa shape index (κ2) is 7.12. The molecule has 0 aromatic heterocycles. The van der Waals surface area contributed by atoms with Gasteiger partial charge in [0.25, 0.3) is 0 Å². The van der Waals surface area contributed by atoms with E-state index >= 15 is 0 Å². The quantitative estimate of drug-likeness (QED) is 0.785. The summed E-state index contributed by atoms with van der Waals surface area (Å²) in [5, 5.41) is 0.